The van der Waals surface area contributed by atoms with Crippen molar-refractivity contribution < 1.29 is 14.3 Å². The van der Waals surface area contributed by atoms with Crippen LogP contribution in [0.5, 0.6) is 0 Å². The third-order valence-corrected chi connectivity index (χ3v) is 3.39. The van der Waals surface area contributed by atoms with E-state index < -0.39 is 0 Å². The van der Waals surface area contributed by atoms with Crippen LogP contribution in [0.1, 0.15) is 44.9 Å². The van der Waals surface area contributed by atoms with E-state index in [1.807, 2.05) is 0 Å². The maximum absolute atomic E-state index is 11.3. The van der Waals surface area contributed by atoms with E-state index in [9.17, 15) is 4.79 Å². The summed E-state index contributed by atoms with van der Waals surface area (Å²) in [5.74, 6) is -0.189. The van der Waals surface area contributed by atoms with Gasteiger partial charge >= 0.3 is 5.97 Å². The molecule has 0 bridgehead atoms. The van der Waals surface area contributed by atoms with Gasteiger partial charge in [-0.15, -0.1) is 0 Å². The molecule has 0 aromatic rings. The molecule has 1 unspecified atom stereocenters. The highest BCUT2D eigenvalue weighted by atomic mass is 16.7. The van der Waals surface area contributed by atoms with Crippen LogP contribution in [0.4, 0.5) is 0 Å². The van der Waals surface area contributed by atoms with E-state index in [2.05, 4.69) is 0 Å². The number of epoxide rings is 1. The summed E-state index contributed by atoms with van der Waals surface area (Å²) in [6.07, 6.45) is 8.07. The van der Waals surface area contributed by atoms with E-state index in [1.165, 1.54) is 39.2 Å². The number of hydrogen-bond acceptors (Lipinski definition) is 3. The second kappa shape index (κ2) is 3.89. The molecule has 14 heavy (non-hydrogen) atoms. The highest BCUT2D eigenvalue weighted by molar-refractivity contribution is 5.79. The molecule has 1 aliphatic heterocycles. The van der Waals surface area contributed by atoms with Gasteiger partial charge in [-0.05, 0) is 12.8 Å². The molecular formula is C11H18O3. The van der Waals surface area contributed by atoms with Gasteiger partial charge in [-0.3, -0.25) is 0 Å². The normalized spacial score (nSPS) is 30.5. The standard InChI is InChI=1S/C11H18O3/c1-13-10(12)9-11(14-9)7-5-3-2-4-6-8-11/h9H,2-8H2,1H3. The summed E-state index contributed by atoms with van der Waals surface area (Å²) in [6, 6.07) is 0. The molecule has 2 rings (SSSR count). The van der Waals surface area contributed by atoms with Crippen molar-refractivity contribution in [3.63, 3.8) is 0 Å². The van der Waals surface area contributed by atoms with E-state index in [4.69, 9.17) is 9.47 Å². The van der Waals surface area contributed by atoms with E-state index in [0.717, 1.165) is 12.8 Å². The summed E-state index contributed by atoms with van der Waals surface area (Å²) in [6.45, 7) is 0. The smallest absolute Gasteiger partial charge is 0.338 e. The first kappa shape index (κ1) is 9.97. The molecule has 0 amide bonds. The molecule has 80 valence electrons. The molecular weight excluding hydrogens is 180 g/mol. The van der Waals surface area contributed by atoms with Crippen LogP contribution < -0.4 is 0 Å². The Kier molecular flexibility index (Phi) is 2.77. The molecule has 0 radical (unpaired) electrons. The lowest BCUT2D eigenvalue weighted by Crippen LogP contribution is -2.23. The summed E-state index contributed by atoms with van der Waals surface area (Å²) >= 11 is 0. The van der Waals surface area contributed by atoms with Gasteiger partial charge in [0.1, 0.15) is 5.60 Å². The predicted molar refractivity (Wildman–Crippen MR) is 51.9 cm³/mol. The van der Waals surface area contributed by atoms with Crippen LogP contribution in [-0.4, -0.2) is 24.8 Å². The SMILES string of the molecule is COC(=O)C1OC12CCCCCCC2. The monoisotopic (exact) mass is 198 g/mol. The molecule has 1 atom stereocenters. The van der Waals surface area contributed by atoms with Crippen LogP contribution in [0.25, 0.3) is 0 Å². The Morgan fingerprint density at radius 2 is 1.79 bits per heavy atom. The minimum Gasteiger partial charge on any atom is -0.467 e. The Labute approximate surface area is 84.8 Å². The van der Waals surface area contributed by atoms with Gasteiger partial charge in [0.15, 0.2) is 6.10 Å². The van der Waals surface area contributed by atoms with Crippen molar-refractivity contribution in [2.75, 3.05) is 7.11 Å². The summed E-state index contributed by atoms with van der Waals surface area (Å²) < 4.78 is 10.3. The van der Waals surface area contributed by atoms with E-state index >= 15 is 0 Å². The van der Waals surface area contributed by atoms with Gasteiger partial charge in [0.2, 0.25) is 0 Å². The van der Waals surface area contributed by atoms with Gasteiger partial charge in [0.25, 0.3) is 0 Å². The first-order valence-corrected chi connectivity index (χ1v) is 5.54. The highest BCUT2D eigenvalue weighted by Gasteiger charge is 2.60. The largest absolute Gasteiger partial charge is 0.467 e. The van der Waals surface area contributed by atoms with Crippen LogP contribution in [0, 0.1) is 0 Å². The first-order valence-electron chi connectivity index (χ1n) is 5.54. The molecule has 2 fully saturated rings. The van der Waals surface area contributed by atoms with Gasteiger partial charge in [-0.25, -0.2) is 4.79 Å². The number of hydrogen-bond donors (Lipinski definition) is 0. The molecule has 1 spiro atoms. The topological polar surface area (TPSA) is 38.8 Å². The summed E-state index contributed by atoms with van der Waals surface area (Å²) in [4.78, 5) is 11.3. The lowest BCUT2D eigenvalue weighted by atomic mass is 9.88. The quantitative estimate of drug-likeness (QED) is 0.478. The molecule has 1 saturated heterocycles. The van der Waals surface area contributed by atoms with Gasteiger partial charge < -0.3 is 9.47 Å². The van der Waals surface area contributed by atoms with E-state index in [1.54, 1.807) is 0 Å². The fourth-order valence-corrected chi connectivity index (χ4v) is 2.45. The number of carbonyl (C=O) groups is 1. The Morgan fingerprint density at radius 3 is 2.36 bits per heavy atom. The molecule has 2 aliphatic rings. The lowest BCUT2D eigenvalue weighted by Gasteiger charge is -2.15. The second-order valence-corrected chi connectivity index (χ2v) is 4.35. The van der Waals surface area contributed by atoms with Gasteiger partial charge in [0, 0.05) is 0 Å². The van der Waals surface area contributed by atoms with Crippen LogP contribution >= 0.6 is 0 Å². The van der Waals surface area contributed by atoms with Gasteiger partial charge in [-0.1, -0.05) is 32.1 Å². The Balaban J connectivity index is 1.92. The fourth-order valence-electron chi connectivity index (χ4n) is 2.45. The molecule has 1 heterocycles. The van der Waals surface area contributed by atoms with E-state index in [-0.39, 0.29) is 17.7 Å². The number of rotatable bonds is 1. The third kappa shape index (κ3) is 1.78. The maximum Gasteiger partial charge on any atom is 0.338 e. The zero-order valence-corrected chi connectivity index (χ0v) is 8.75. The Morgan fingerprint density at radius 1 is 1.21 bits per heavy atom. The van der Waals surface area contributed by atoms with Gasteiger partial charge in [0.05, 0.1) is 7.11 Å². The summed E-state index contributed by atoms with van der Waals surface area (Å²) in [5, 5.41) is 0. The summed E-state index contributed by atoms with van der Waals surface area (Å²) in [5.41, 5.74) is -0.131. The Bertz CT molecular complexity index is 217. The molecule has 0 N–H and O–H groups in total. The van der Waals surface area contributed by atoms with Crippen molar-refractivity contribution in [2.24, 2.45) is 0 Å². The second-order valence-electron chi connectivity index (χ2n) is 4.35. The van der Waals surface area contributed by atoms with Gasteiger partial charge in [-0.2, -0.15) is 0 Å². The van der Waals surface area contributed by atoms with Crippen LogP contribution in [0.2, 0.25) is 0 Å². The van der Waals surface area contributed by atoms with Crippen molar-refractivity contribution in [3.05, 3.63) is 0 Å². The average Bonchev–Trinajstić information content (AvgIpc) is 2.87. The van der Waals surface area contributed by atoms with Crippen LogP contribution in [-0.2, 0) is 14.3 Å². The number of methoxy groups -OCH3 is 1. The lowest BCUT2D eigenvalue weighted by molar-refractivity contribution is -0.142. The minimum atomic E-state index is -0.259. The fraction of sp³-hybridized carbons (Fsp3) is 0.909. The average molecular weight is 198 g/mol. The number of ether oxygens (including phenoxy) is 2. The highest BCUT2D eigenvalue weighted by Crippen LogP contribution is 2.46. The van der Waals surface area contributed by atoms with Crippen LogP contribution in [0.3, 0.4) is 0 Å². The number of esters is 1. The van der Waals surface area contributed by atoms with Crippen molar-refractivity contribution in [1.29, 1.82) is 0 Å². The molecule has 0 aromatic carbocycles. The summed E-state index contributed by atoms with van der Waals surface area (Å²) in [7, 11) is 1.43. The maximum atomic E-state index is 11.3. The van der Waals surface area contributed by atoms with Crippen LogP contribution in [0.15, 0.2) is 0 Å². The van der Waals surface area contributed by atoms with Crippen molar-refractivity contribution >= 4 is 5.97 Å². The zero-order chi connectivity index (χ0) is 10.0. The first-order chi connectivity index (χ1) is 6.78. The van der Waals surface area contributed by atoms with E-state index in [0.29, 0.717) is 0 Å². The molecule has 1 saturated carbocycles. The van der Waals surface area contributed by atoms with Crippen molar-refractivity contribution in [1.82, 2.24) is 0 Å². The van der Waals surface area contributed by atoms with Crippen molar-refractivity contribution in [3.8, 4) is 0 Å². The predicted octanol–water partition coefficient (Wildman–Crippen LogP) is 2.04. The Hall–Kier alpha value is -0.570. The number of carbonyl (C=O) groups excluding carboxylic acids is 1. The third-order valence-electron chi connectivity index (χ3n) is 3.39. The van der Waals surface area contributed by atoms with Crippen molar-refractivity contribution in [2.45, 2.75) is 56.7 Å². The molecule has 3 heteroatoms. The molecule has 0 aromatic heterocycles. The minimum absolute atomic E-state index is 0.131. The molecule has 3 nitrogen and oxygen atoms in total. The zero-order valence-electron chi connectivity index (χ0n) is 8.75. The molecule has 1 aliphatic carbocycles.